The second kappa shape index (κ2) is 16.0. The normalized spacial score (nSPS) is 27.8. The Bertz CT molecular complexity index is 1940. The molecule has 0 radical (unpaired) electrons. The molecule has 0 aromatic heterocycles. The number of hydrogen-bond acceptors (Lipinski definition) is 16. The standard InChI is InChI=1S/C37H44N4O13S/c1-16-31(45)19(38)11-26(53-16)54-21-14-37(51,23(15-42)39-40-24(43)9-4-3-5-10-41-25(44)12-22(55)36(41)50)13-18-28(21)35(49)30-29(33(18)47)32(46)17-7-6-8-20(52-2)27(17)34(30)48/h6-8,16,19,21-22,26,31,42,45,47,49,51,55H,3-5,9-15,38H2,1-2H3,(H,40,43)/b39-23+/t16-,19-,21-,22?,26?,31?,37-/m0/s1. The fraction of sp³-hybridized carbons (Fsp3) is 0.514. The number of fused-ring (bicyclic) bond motifs is 3. The van der Waals surface area contributed by atoms with E-state index in [1.807, 2.05) is 0 Å². The number of phenolic OH excluding ortho intramolecular Hbond substituents is 2. The summed E-state index contributed by atoms with van der Waals surface area (Å²) < 4.78 is 17.4. The topological polar surface area (TPSA) is 268 Å². The molecular weight excluding hydrogens is 740 g/mol. The van der Waals surface area contributed by atoms with Crippen LogP contribution in [0.25, 0.3) is 0 Å². The van der Waals surface area contributed by atoms with Crippen LogP contribution in [0.15, 0.2) is 23.3 Å². The van der Waals surface area contributed by atoms with Crippen molar-refractivity contribution < 1.29 is 63.7 Å². The number of rotatable bonds is 12. The molecule has 2 aromatic rings. The number of benzene rings is 2. The number of amides is 3. The number of aromatic hydroxyl groups is 2. The lowest BCUT2D eigenvalue weighted by Gasteiger charge is -2.43. The second-order valence-electron chi connectivity index (χ2n) is 14.2. The van der Waals surface area contributed by atoms with Crippen LogP contribution in [-0.2, 0) is 30.3 Å². The number of carbonyl (C=O) groups is 5. The lowest BCUT2D eigenvalue weighted by molar-refractivity contribution is -0.245. The maximum absolute atomic E-state index is 14.0. The first-order chi connectivity index (χ1) is 26.1. The SMILES string of the molecule is COc1cccc2c1C(=O)c1c(O)c3c(c(O)c1C2=O)C[C@@](O)(/C(CO)=N/NC(=O)CCCCCN1C(=O)CC(S)C1=O)C[C@@H]3OC1C[C@H](N)C(O)[C@H](C)O1. The van der Waals surface area contributed by atoms with E-state index in [-0.39, 0.29) is 71.3 Å². The Kier molecular flexibility index (Phi) is 11.7. The molecule has 0 bridgehead atoms. The third-order valence-electron chi connectivity index (χ3n) is 10.7. The number of nitrogens with two attached hydrogens (primary N) is 1. The number of methoxy groups -OCH3 is 1. The van der Waals surface area contributed by atoms with Crippen LogP contribution < -0.4 is 15.9 Å². The fourth-order valence-electron chi connectivity index (χ4n) is 7.72. The van der Waals surface area contributed by atoms with Crippen molar-refractivity contribution in [3.05, 3.63) is 51.6 Å². The van der Waals surface area contributed by atoms with Crippen molar-refractivity contribution in [2.75, 3.05) is 20.3 Å². The number of hydrogen-bond donors (Lipinski definition) is 8. The number of phenols is 2. The van der Waals surface area contributed by atoms with Gasteiger partial charge in [-0.05, 0) is 25.8 Å². The summed E-state index contributed by atoms with van der Waals surface area (Å²) in [6.45, 7) is 0.912. The predicted molar refractivity (Wildman–Crippen MR) is 195 cm³/mol. The largest absolute Gasteiger partial charge is 0.507 e. The van der Waals surface area contributed by atoms with Gasteiger partial charge in [-0.15, -0.1) is 0 Å². The van der Waals surface area contributed by atoms with E-state index >= 15 is 0 Å². The van der Waals surface area contributed by atoms with Crippen LogP contribution in [0.1, 0.15) is 101 Å². The van der Waals surface area contributed by atoms with Crippen molar-refractivity contribution >= 4 is 47.6 Å². The molecule has 0 spiro atoms. The Labute approximate surface area is 320 Å². The highest BCUT2D eigenvalue weighted by atomic mass is 32.1. The highest BCUT2D eigenvalue weighted by Gasteiger charge is 2.49. The van der Waals surface area contributed by atoms with E-state index in [1.54, 1.807) is 6.92 Å². The average molecular weight is 785 g/mol. The summed E-state index contributed by atoms with van der Waals surface area (Å²) in [5, 5.41) is 59.9. The number of aliphatic hydroxyl groups is 3. The van der Waals surface area contributed by atoms with Gasteiger partial charge in [0.05, 0.1) is 59.7 Å². The maximum atomic E-state index is 14.0. The lowest BCUT2D eigenvalue weighted by atomic mass is 9.71. The molecule has 55 heavy (non-hydrogen) atoms. The predicted octanol–water partition coefficient (Wildman–Crippen LogP) is 0.522. The van der Waals surface area contributed by atoms with Crippen LogP contribution in [0.4, 0.5) is 0 Å². The molecule has 6 rings (SSSR count). The average Bonchev–Trinajstić information content (AvgIpc) is 3.39. The van der Waals surface area contributed by atoms with Crippen LogP contribution in [0.5, 0.6) is 17.2 Å². The van der Waals surface area contributed by atoms with Crippen molar-refractivity contribution in [3.63, 3.8) is 0 Å². The number of unbranched alkanes of at least 4 members (excludes halogenated alkanes) is 2. The Morgan fingerprint density at radius 3 is 2.49 bits per heavy atom. The van der Waals surface area contributed by atoms with Crippen molar-refractivity contribution in [2.24, 2.45) is 10.8 Å². The number of hydrazone groups is 1. The third kappa shape index (κ3) is 7.47. The molecule has 3 amide bonds. The van der Waals surface area contributed by atoms with Crippen LogP contribution >= 0.6 is 12.6 Å². The molecule has 2 aromatic carbocycles. The minimum absolute atomic E-state index is 0.0151. The molecule has 4 aliphatic rings. The van der Waals surface area contributed by atoms with Crippen LogP contribution in [-0.4, -0.2) is 121 Å². The maximum Gasteiger partial charge on any atom is 0.242 e. The zero-order valence-electron chi connectivity index (χ0n) is 30.2. The molecule has 8 N–H and O–H groups in total. The Balaban J connectivity index is 1.28. The minimum Gasteiger partial charge on any atom is -0.507 e. The van der Waals surface area contributed by atoms with E-state index in [1.165, 1.54) is 25.3 Å². The van der Waals surface area contributed by atoms with Crippen LogP contribution in [0.2, 0.25) is 0 Å². The van der Waals surface area contributed by atoms with E-state index < -0.39 is 101 Å². The minimum atomic E-state index is -2.16. The summed E-state index contributed by atoms with van der Waals surface area (Å²) in [5.41, 5.74) is 4.46. The lowest BCUT2D eigenvalue weighted by Crippen LogP contribution is -2.53. The molecule has 3 unspecified atom stereocenters. The van der Waals surface area contributed by atoms with Crippen molar-refractivity contribution in [2.45, 2.75) is 99.8 Å². The van der Waals surface area contributed by atoms with E-state index in [9.17, 15) is 49.5 Å². The van der Waals surface area contributed by atoms with Gasteiger partial charge in [-0.3, -0.25) is 28.9 Å². The van der Waals surface area contributed by atoms with E-state index in [4.69, 9.17) is 19.9 Å². The second-order valence-corrected chi connectivity index (χ2v) is 14.9. The number of likely N-dealkylation sites (tertiary alicyclic amines) is 1. The highest BCUT2D eigenvalue weighted by molar-refractivity contribution is 7.81. The van der Waals surface area contributed by atoms with Gasteiger partial charge < -0.3 is 45.5 Å². The summed E-state index contributed by atoms with van der Waals surface area (Å²) in [7, 11) is 1.32. The molecule has 2 heterocycles. The summed E-state index contributed by atoms with van der Waals surface area (Å²) in [4.78, 5) is 65.8. The first-order valence-corrected chi connectivity index (χ1v) is 18.5. The number of imide groups is 1. The van der Waals surface area contributed by atoms with Crippen molar-refractivity contribution in [3.8, 4) is 17.2 Å². The highest BCUT2D eigenvalue weighted by Crippen LogP contribution is 2.52. The first-order valence-electron chi connectivity index (χ1n) is 17.9. The molecular formula is C37H44N4O13S. The monoisotopic (exact) mass is 784 g/mol. The molecule has 0 saturated carbocycles. The zero-order valence-corrected chi connectivity index (χ0v) is 31.1. The Morgan fingerprint density at radius 2 is 1.84 bits per heavy atom. The number of thiol groups is 1. The Hall–Kier alpha value is -4.43. The van der Waals surface area contributed by atoms with Gasteiger partial charge in [0.15, 0.2) is 12.1 Å². The fourth-order valence-corrected chi connectivity index (χ4v) is 8.01. The number of ketones is 2. The molecule has 2 aliphatic heterocycles. The number of aliphatic hydroxyl groups excluding tert-OH is 2. The van der Waals surface area contributed by atoms with E-state index in [2.05, 4.69) is 23.2 Å². The third-order valence-corrected chi connectivity index (χ3v) is 11.1. The van der Waals surface area contributed by atoms with Gasteiger partial charge in [-0.2, -0.15) is 17.7 Å². The summed E-state index contributed by atoms with van der Waals surface area (Å²) >= 11 is 4.11. The molecule has 18 heteroatoms. The van der Waals surface area contributed by atoms with Gasteiger partial charge in [-0.1, -0.05) is 18.6 Å². The van der Waals surface area contributed by atoms with Gasteiger partial charge in [0.25, 0.3) is 0 Å². The van der Waals surface area contributed by atoms with Crippen molar-refractivity contribution in [1.29, 1.82) is 0 Å². The number of nitrogens with one attached hydrogen (secondary N) is 1. The summed E-state index contributed by atoms with van der Waals surface area (Å²) in [6.07, 6.45) is -3.92. The zero-order chi connectivity index (χ0) is 39.9. The number of ether oxygens (including phenoxy) is 3. The number of carbonyl (C=O) groups excluding carboxylic acids is 5. The molecule has 2 aliphatic carbocycles. The number of nitrogens with zero attached hydrogens (tertiary/aromatic N) is 2. The molecule has 7 atom stereocenters. The smallest absolute Gasteiger partial charge is 0.242 e. The molecule has 2 fully saturated rings. The molecule has 2 saturated heterocycles. The van der Waals surface area contributed by atoms with Crippen LogP contribution in [0.3, 0.4) is 0 Å². The Morgan fingerprint density at radius 1 is 1.11 bits per heavy atom. The van der Waals surface area contributed by atoms with Gasteiger partial charge in [0.1, 0.15) is 22.8 Å². The molecule has 296 valence electrons. The van der Waals surface area contributed by atoms with Gasteiger partial charge in [0, 0.05) is 61.4 Å². The van der Waals surface area contributed by atoms with Crippen LogP contribution in [0, 0.1) is 0 Å². The van der Waals surface area contributed by atoms with Gasteiger partial charge in [0.2, 0.25) is 23.5 Å². The molecule has 17 nitrogen and oxygen atoms in total. The summed E-state index contributed by atoms with van der Waals surface area (Å²) in [5.74, 6) is -4.10. The van der Waals surface area contributed by atoms with Gasteiger partial charge in [-0.25, -0.2) is 5.43 Å². The van der Waals surface area contributed by atoms with E-state index in [0.717, 1.165) is 4.90 Å². The quantitative estimate of drug-likeness (QED) is 0.0311. The van der Waals surface area contributed by atoms with Gasteiger partial charge >= 0.3 is 0 Å². The first kappa shape index (κ1) is 40.2. The van der Waals surface area contributed by atoms with Crippen molar-refractivity contribution in [1.82, 2.24) is 10.3 Å². The van der Waals surface area contributed by atoms with E-state index in [0.29, 0.717) is 19.3 Å². The summed E-state index contributed by atoms with van der Waals surface area (Å²) in [6, 6.07) is 3.57.